The van der Waals surface area contributed by atoms with E-state index in [1.165, 1.54) is 25.7 Å². The fourth-order valence-electron chi connectivity index (χ4n) is 1.68. The Morgan fingerprint density at radius 3 is 2.85 bits per heavy atom. The van der Waals surface area contributed by atoms with Crippen LogP contribution in [0.4, 0.5) is 5.82 Å². The summed E-state index contributed by atoms with van der Waals surface area (Å²) in [6, 6.07) is 0.628. The summed E-state index contributed by atoms with van der Waals surface area (Å²) >= 11 is 2.26. The summed E-state index contributed by atoms with van der Waals surface area (Å²) in [5, 5.41) is 3.45. The molecule has 1 heterocycles. The summed E-state index contributed by atoms with van der Waals surface area (Å²) in [6.45, 7) is 0. The van der Waals surface area contributed by atoms with Gasteiger partial charge in [0.2, 0.25) is 0 Å². The van der Waals surface area contributed by atoms with Crippen LogP contribution in [-0.2, 0) is 0 Å². The van der Waals surface area contributed by atoms with Crippen LogP contribution in [0.1, 0.15) is 25.7 Å². The SMILES string of the molecule is Ic1cncnc1NC1CCCC1. The number of anilines is 1. The molecule has 1 aromatic heterocycles. The molecule has 3 nitrogen and oxygen atoms in total. The number of nitrogens with zero attached hydrogens (tertiary/aromatic N) is 2. The summed E-state index contributed by atoms with van der Waals surface area (Å²) < 4.78 is 1.10. The van der Waals surface area contributed by atoms with Gasteiger partial charge < -0.3 is 5.32 Å². The number of halogens is 1. The maximum Gasteiger partial charge on any atom is 0.143 e. The lowest BCUT2D eigenvalue weighted by molar-refractivity contribution is 0.748. The Hall–Kier alpha value is -0.390. The molecule has 0 atom stereocenters. The van der Waals surface area contributed by atoms with E-state index in [4.69, 9.17) is 0 Å². The van der Waals surface area contributed by atoms with E-state index in [0.717, 1.165) is 9.39 Å². The zero-order valence-corrected chi connectivity index (χ0v) is 9.49. The molecule has 0 aromatic carbocycles. The molecule has 1 fully saturated rings. The molecule has 0 saturated heterocycles. The van der Waals surface area contributed by atoms with E-state index in [9.17, 15) is 0 Å². The van der Waals surface area contributed by atoms with Crippen molar-refractivity contribution in [1.29, 1.82) is 0 Å². The van der Waals surface area contributed by atoms with Crippen LogP contribution in [-0.4, -0.2) is 16.0 Å². The normalized spacial score (nSPS) is 17.6. The van der Waals surface area contributed by atoms with E-state index >= 15 is 0 Å². The van der Waals surface area contributed by atoms with E-state index in [2.05, 4.69) is 37.9 Å². The average molecular weight is 289 g/mol. The molecule has 1 N–H and O–H groups in total. The molecule has 1 aliphatic rings. The second-order valence-electron chi connectivity index (χ2n) is 3.35. The second-order valence-corrected chi connectivity index (χ2v) is 4.51. The minimum atomic E-state index is 0.628. The summed E-state index contributed by atoms with van der Waals surface area (Å²) in [4.78, 5) is 8.17. The van der Waals surface area contributed by atoms with Gasteiger partial charge in [0.15, 0.2) is 0 Å². The fourth-order valence-corrected chi connectivity index (χ4v) is 2.14. The minimum absolute atomic E-state index is 0.628. The number of hydrogen-bond acceptors (Lipinski definition) is 3. The number of nitrogens with one attached hydrogen (secondary N) is 1. The molecule has 0 unspecified atom stereocenters. The Morgan fingerprint density at radius 2 is 2.15 bits per heavy atom. The molecular formula is C9H12IN3. The maximum absolute atomic E-state index is 4.21. The zero-order valence-electron chi connectivity index (χ0n) is 7.33. The lowest BCUT2D eigenvalue weighted by Crippen LogP contribution is -2.16. The molecule has 0 aliphatic heterocycles. The average Bonchev–Trinajstić information content (AvgIpc) is 2.61. The van der Waals surface area contributed by atoms with Gasteiger partial charge in [0.25, 0.3) is 0 Å². The van der Waals surface area contributed by atoms with Crippen molar-refractivity contribution in [3.8, 4) is 0 Å². The quantitative estimate of drug-likeness (QED) is 0.850. The Bertz CT molecular complexity index is 284. The highest BCUT2D eigenvalue weighted by Gasteiger charge is 2.15. The first-order chi connectivity index (χ1) is 6.36. The summed E-state index contributed by atoms with van der Waals surface area (Å²) in [6.07, 6.45) is 8.68. The van der Waals surface area contributed by atoms with Gasteiger partial charge in [-0.1, -0.05) is 12.8 Å². The summed E-state index contributed by atoms with van der Waals surface area (Å²) in [5.41, 5.74) is 0. The van der Waals surface area contributed by atoms with Gasteiger partial charge in [0.1, 0.15) is 12.1 Å². The first-order valence-electron chi connectivity index (χ1n) is 4.58. The van der Waals surface area contributed by atoms with Crippen molar-refractivity contribution >= 4 is 28.4 Å². The Balaban J connectivity index is 2.04. The van der Waals surface area contributed by atoms with Gasteiger partial charge >= 0.3 is 0 Å². The third kappa shape index (κ3) is 2.30. The summed E-state index contributed by atoms with van der Waals surface area (Å²) in [7, 11) is 0. The Morgan fingerprint density at radius 1 is 1.38 bits per heavy atom. The molecule has 1 saturated carbocycles. The molecule has 0 bridgehead atoms. The molecule has 0 amide bonds. The monoisotopic (exact) mass is 289 g/mol. The van der Waals surface area contributed by atoms with E-state index in [1.807, 2.05) is 6.20 Å². The number of hydrogen-bond donors (Lipinski definition) is 1. The predicted molar refractivity (Wildman–Crippen MR) is 60.6 cm³/mol. The molecule has 1 aliphatic carbocycles. The van der Waals surface area contributed by atoms with Crippen LogP contribution >= 0.6 is 22.6 Å². The van der Waals surface area contributed by atoms with Gasteiger partial charge in [-0.3, -0.25) is 0 Å². The van der Waals surface area contributed by atoms with Crippen LogP contribution in [0.5, 0.6) is 0 Å². The lowest BCUT2D eigenvalue weighted by Gasteiger charge is -2.12. The van der Waals surface area contributed by atoms with Crippen molar-refractivity contribution < 1.29 is 0 Å². The largest absolute Gasteiger partial charge is 0.366 e. The smallest absolute Gasteiger partial charge is 0.143 e. The topological polar surface area (TPSA) is 37.8 Å². The van der Waals surface area contributed by atoms with Crippen molar-refractivity contribution in [3.63, 3.8) is 0 Å². The first-order valence-corrected chi connectivity index (χ1v) is 5.66. The Labute approximate surface area is 91.5 Å². The van der Waals surface area contributed by atoms with Crippen LogP contribution < -0.4 is 5.32 Å². The molecule has 1 aromatic rings. The van der Waals surface area contributed by atoms with E-state index < -0.39 is 0 Å². The van der Waals surface area contributed by atoms with Crippen molar-refractivity contribution in [2.45, 2.75) is 31.7 Å². The van der Waals surface area contributed by atoms with Crippen molar-refractivity contribution in [1.82, 2.24) is 9.97 Å². The fraction of sp³-hybridized carbons (Fsp3) is 0.556. The van der Waals surface area contributed by atoms with Gasteiger partial charge in [-0.25, -0.2) is 9.97 Å². The lowest BCUT2D eigenvalue weighted by atomic mass is 10.2. The third-order valence-corrected chi connectivity index (χ3v) is 3.15. The molecule has 70 valence electrons. The van der Waals surface area contributed by atoms with Gasteiger partial charge in [-0.15, -0.1) is 0 Å². The molecule has 2 rings (SSSR count). The highest BCUT2D eigenvalue weighted by atomic mass is 127. The van der Waals surface area contributed by atoms with Gasteiger partial charge in [-0.2, -0.15) is 0 Å². The predicted octanol–water partition coefficient (Wildman–Crippen LogP) is 2.44. The summed E-state index contributed by atoms with van der Waals surface area (Å²) in [5.74, 6) is 0.988. The standard InChI is InChI=1S/C9H12IN3/c10-8-5-11-6-12-9(8)13-7-3-1-2-4-7/h5-7H,1-4H2,(H,11,12,13). The van der Waals surface area contributed by atoms with Gasteiger partial charge in [0.05, 0.1) is 3.57 Å². The van der Waals surface area contributed by atoms with Crippen molar-refractivity contribution in [2.75, 3.05) is 5.32 Å². The maximum atomic E-state index is 4.21. The van der Waals surface area contributed by atoms with Crippen LogP contribution in [0.3, 0.4) is 0 Å². The molecule has 4 heteroatoms. The molecule has 0 radical (unpaired) electrons. The highest BCUT2D eigenvalue weighted by molar-refractivity contribution is 14.1. The molecular weight excluding hydrogens is 277 g/mol. The van der Waals surface area contributed by atoms with Gasteiger partial charge in [0, 0.05) is 12.2 Å². The van der Waals surface area contributed by atoms with E-state index in [-0.39, 0.29) is 0 Å². The van der Waals surface area contributed by atoms with E-state index in [0.29, 0.717) is 6.04 Å². The number of rotatable bonds is 2. The van der Waals surface area contributed by atoms with Crippen LogP contribution in [0.25, 0.3) is 0 Å². The zero-order chi connectivity index (χ0) is 9.10. The van der Waals surface area contributed by atoms with Crippen molar-refractivity contribution in [3.05, 3.63) is 16.1 Å². The van der Waals surface area contributed by atoms with Crippen LogP contribution in [0.2, 0.25) is 0 Å². The van der Waals surface area contributed by atoms with Gasteiger partial charge in [-0.05, 0) is 35.4 Å². The molecule has 13 heavy (non-hydrogen) atoms. The third-order valence-electron chi connectivity index (χ3n) is 2.36. The van der Waals surface area contributed by atoms with Crippen molar-refractivity contribution in [2.24, 2.45) is 0 Å². The highest BCUT2D eigenvalue weighted by Crippen LogP contribution is 2.23. The minimum Gasteiger partial charge on any atom is -0.366 e. The van der Waals surface area contributed by atoms with E-state index in [1.54, 1.807) is 6.33 Å². The Kier molecular flexibility index (Phi) is 2.97. The van der Waals surface area contributed by atoms with Crippen LogP contribution in [0, 0.1) is 3.57 Å². The van der Waals surface area contributed by atoms with Crippen LogP contribution in [0.15, 0.2) is 12.5 Å². The molecule has 0 spiro atoms. The number of aromatic nitrogens is 2. The first kappa shape index (κ1) is 9.18. The second kappa shape index (κ2) is 4.21.